The summed E-state index contributed by atoms with van der Waals surface area (Å²) in [5.41, 5.74) is 2.51. The molecule has 2 aliphatic heterocycles. The van der Waals surface area contributed by atoms with Crippen molar-refractivity contribution in [3.8, 4) is 0 Å². The van der Waals surface area contributed by atoms with E-state index in [-0.39, 0.29) is 5.41 Å². The summed E-state index contributed by atoms with van der Waals surface area (Å²) in [5.74, 6) is 0.328. The Bertz CT molecular complexity index is 477. The van der Waals surface area contributed by atoms with Gasteiger partial charge in [0.25, 0.3) is 0 Å². The predicted molar refractivity (Wildman–Crippen MR) is 75.8 cm³/mol. The highest BCUT2D eigenvalue weighted by Gasteiger charge is 2.38. The van der Waals surface area contributed by atoms with Crippen LogP contribution >= 0.6 is 0 Å². The fraction of sp³-hybridized carbons (Fsp3) is 0.562. The molecule has 2 aliphatic rings. The van der Waals surface area contributed by atoms with Crippen molar-refractivity contribution in [3.05, 3.63) is 35.4 Å². The van der Waals surface area contributed by atoms with E-state index in [0.29, 0.717) is 5.91 Å². The van der Waals surface area contributed by atoms with Gasteiger partial charge in [0.15, 0.2) is 0 Å². The van der Waals surface area contributed by atoms with Gasteiger partial charge in [0.2, 0.25) is 5.91 Å². The Morgan fingerprint density at radius 1 is 1.32 bits per heavy atom. The molecular weight excluding hydrogens is 236 g/mol. The average molecular weight is 258 g/mol. The van der Waals surface area contributed by atoms with Crippen LogP contribution in [0.25, 0.3) is 0 Å². The summed E-state index contributed by atoms with van der Waals surface area (Å²) in [6.45, 7) is 5.63. The quantitative estimate of drug-likeness (QED) is 0.835. The number of fused-ring (bicyclic) bond motifs is 1. The lowest BCUT2D eigenvalue weighted by molar-refractivity contribution is -0.143. The van der Waals surface area contributed by atoms with Crippen LogP contribution in [0.5, 0.6) is 0 Å². The van der Waals surface area contributed by atoms with E-state index in [1.54, 1.807) is 0 Å². The minimum Gasteiger partial charge on any atom is -0.338 e. The topological polar surface area (TPSA) is 32.3 Å². The second kappa shape index (κ2) is 4.97. The van der Waals surface area contributed by atoms with Gasteiger partial charge in [-0.2, -0.15) is 0 Å². The molecule has 0 aromatic heterocycles. The van der Waals surface area contributed by atoms with E-state index in [2.05, 4.69) is 41.4 Å². The highest BCUT2D eigenvalue weighted by Crippen LogP contribution is 2.30. The zero-order valence-electron chi connectivity index (χ0n) is 11.6. The van der Waals surface area contributed by atoms with Gasteiger partial charge < -0.3 is 10.2 Å². The molecule has 0 radical (unpaired) electrons. The van der Waals surface area contributed by atoms with Crippen molar-refractivity contribution in [2.75, 3.05) is 19.6 Å². The molecule has 3 rings (SSSR count). The van der Waals surface area contributed by atoms with Crippen LogP contribution in [0.3, 0.4) is 0 Å². The van der Waals surface area contributed by atoms with Crippen molar-refractivity contribution >= 4 is 5.91 Å². The molecule has 1 aromatic rings. The summed E-state index contributed by atoms with van der Waals surface area (Å²) in [6.07, 6.45) is 3.11. The molecule has 3 heteroatoms. The smallest absolute Gasteiger partial charge is 0.230 e. The van der Waals surface area contributed by atoms with Gasteiger partial charge >= 0.3 is 0 Å². The molecule has 0 spiro atoms. The summed E-state index contributed by atoms with van der Waals surface area (Å²) in [7, 11) is 0. The molecule has 1 amide bonds. The van der Waals surface area contributed by atoms with E-state index < -0.39 is 0 Å². The average Bonchev–Trinajstić information content (AvgIpc) is 2.47. The molecule has 0 saturated carbocycles. The number of nitrogens with zero attached hydrogens (tertiary/aromatic N) is 1. The van der Waals surface area contributed by atoms with Crippen molar-refractivity contribution in [2.45, 2.75) is 32.7 Å². The molecule has 1 aromatic carbocycles. The van der Waals surface area contributed by atoms with Crippen LogP contribution in [0, 0.1) is 5.41 Å². The summed E-state index contributed by atoms with van der Waals surface area (Å²) in [6, 6.07) is 8.48. The Morgan fingerprint density at radius 2 is 2.11 bits per heavy atom. The van der Waals surface area contributed by atoms with Crippen molar-refractivity contribution in [3.63, 3.8) is 0 Å². The van der Waals surface area contributed by atoms with Crippen molar-refractivity contribution in [2.24, 2.45) is 5.41 Å². The lowest BCUT2D eigenvalue weighted by Gasteiger charge is -2.39. The first kappa shape index (κ1) is 12.7. The lowest BCUT2D eigenvalue weighted by Crippen LogP contribution is -2.51. The van der Waals surface area contributed by atoms with Crippen LogP contribution in [0.15, 0.2) is 24.3 Å². The van der Waals surface area contributed by atoms with Crippen LogP contribution in [0.4, 0.5) is 0 Å². The van der Waals surface area contributed by atoms with E-state index in [0.717, 1.165) is 45.4 Å². The Hall–Kier alpha value is -1.35. The summed E-state index contributed by atoms with van der Waals surface area (Å²) >= 11 is 0. The molecular formula is C16H22N2O. The molecule has 1 atom stereocenters. The third kappa shape index (κ3) is 2.39. The van der Waals surface area contributed by atoms with Gasteiger partial charge in [0, 0.05) is 19.6 Å². The summed E-state index contributed by atoms with van der Waals surface area (Å²) in [5, 5.41) is 3.37. The van der Waals surface area contributed by atoms with Gasteiger partial charge in [-0.3, -0.25) is 4.79 Å². The first-order valence-corrected chi connectivity index (χ1v) is 7.26. The SMILES string of the molecule is CC1(C(=O)N2CCc3ccccc3C2)CCCNC1. The monoisotopic (exact) mass is 258 g/mol. The minimum atomic E-state index is -0.204. The Balaban J connectivity index is 1.75. The number of amides is 1. The van der Waals surface area contributed by atoms with E-state index >= 15 is 0 Å². The molecule has 1 N–H and O–H groups in total. The second-order valence-corrected chi connectivity index (χ2v) is 6.09. The molecule has 0 bridgehead atoms. The van der Waals surface area contributed by atoms with E-state index in [9.17, 15) is 4.79 Å². The van der Waals surface area contributed by atoms with Gasteiger partial charge in [-0.15, -0.1) is 0 Å². The van der Waals surface area contributed by atoms with Crippen molar-refractivity contribution in [1.82, 2.24) is 10.2 Å². The molecule has 19 heavy (non-hydrogen) atoms. The summed E-state index contributed by atoms with van der Waals surface area (Å²) in [4.78, 5) is 14.8. The minimum absolute atomic E-state index is 0.204. The number of piperidine rings is 1. The number of hydrogen-bond acceptors (Lipinski definition) is 2. The van der Waals surface area contributed by atoms with Crippen LogP contribution in [-0.4, -0.2) is 30.4 Å². The fourth-order valence-corrected chi connectivity index (χ4v) is 3.29. The summed E-state index contributed by atoms with van der Waals surface area (Å²) < 4.78 is 0. The first-order chi connectivity index (χ1) is 9.19. The maximum atomic E-state index is 12.8. The van der Waals surface area contributed by atoms with E-state index in [1.807, 2.05) is 0 Å². The standard InChI is InChI=1S/C16H22N2O/c1-16(8-4-9-17-12-16)15(19)18-10-7-13-5-2-3-6-14(13)11-18/h2-3,5-6,17H,4,7-12H2,1H3. The lowest BCUT2D eigenvalue weighted by atomic mass is 9.81. The van der Waals surface area contributed by atoms with Crippen LogP contribution in [0.1, 0.15) is 30.9 Å². The number of benzene rings is 1. The number of carbonyl (C=O) groups is 1. The van der Waals surface area contributed by atoms with Gasteiger partial charge in [-0.05, 0) is 43.9 Å². The second-order valence-electron chi connectivity index (χ2n) is 6.09. The molecule has 2 heterocycles. The first-order valence-electron chi connectivity index (χ1n) is 7.26. The number of carbonyl (C=O) groups excluding carboxylic acids is 1. The van der Waals surface area contributed by atoms with Crippen LogP contribution in [0.2, 0.25) is 0 Å². The van der Waals surface area contributed by atoms with Crippen LogP contribution < -0.4 is 5.32 Å². The molecule has 1 fully saturated rings. The third-order valence-corrected chi connectivity index (χ3v) is 4.53. The fourth-order valence-electron chi connectivity index (χ4n) is 3.29. The highest BCUT2D eigenvalue weighted by molar-refractivity contribution is 5.83. The molecule has 1 unspecified atom stereocenters. The van der Waals surface area contributed by atoms with Crippen molar-refractivity contribution < 1.29 is 4.79 Å². The van der Waals surface area contributed by atoms with Gasteiger partial charge in [-0.25, -0.2) is 0 Å². The molecule has 0 aliphatic carbocycles. The maximum Gasteiger partial charge on any atom is 0.230 e. The van der Waals surface area contributed by atoms with E-state index in [4.69, 9.17) is 0 Å². The Morgan fingerprint density at radius 3 is 2.84 bits per heavy atom. The maximum absolute atomic E-state index is 12.8. The normalized spacial score (nSPS) is 26.9. The zero-order valence-corrected chi connectivity index (χ0v) is 11.6. The Labute approximate surface area is 115 Å². The van der Waals surface area contributed by atoms with E-state index in [1.165, 1.54) is 11.1 Å². The number of hydrogen-bond donors (Lipinski definition) is 1. The predicted octanol–water partition coefficient (Wildman–Crippen LogP) is 1.96. The molecule has 3 nitrogen and oxygen atoms in total. The zero-order chi connectivity index (χ0) is 13.3. The third-order valence-electron chi connectivity index (χ3n) is 4.53. The number of nitrogens with one attached hydrogen (secondary N) is 1. The van der Waals surface area contributed by atoms with Gasteiger partial charge in [-0.1, -0.05) is 24.3 Å². The van der Waals surface area contributed by atoms with Crippen LogP contribution in [-0.2, 0) is 17.8 Å². The molecule has 102 valence electrons. The van der Waals surface area contributed by atoms with Gasteiger partial charge in [0.05, 0.1) is 5.41 Å². The highest BCUT2D eigenvalue weighted by atomic mass is 16.2. The molecule has 1 saturated heterocycles. The Kier molecular flexibility index (Phi) is 3.31. The number of rotatable bonds is 1. The van der Waals surface area contributed by atoms with Crippen molar-refractivity contribution in [1.29, 1.82) is 0 Å². The largest absolute Gasteiger partial charge is 0.338 e. The van der Waals surface area contributed by atoms with Gasteiger partial charge in [0.1, 0.15) is 0 Å².